The summed E-state index contributed by atoms with van der Waals surface area (Å²) in [6, 6.07) is 16.4. The fourth-order valence-electron chi connectivity index (χ4n) is 3.07. The smallest absolute Gasteiger partial charge is 0.407 e. The van der Waals surface area contributed by atoms with Gasteiger partial charge in [-0.15, -0.1) is 10.2 Å². The van der Waals surface area contributed by atoms with Crippen LogP contribution in [0.25, 0.3) is 11.1 Å². The fraction of sp³-hybridized carbons (Fsp3) is 0.167. The van der Waals surface area contributed by atoms with Gasteiger partial charge in [-0.05, 0) is 22.3 Å². The van der Waals surface area contributed by atoms with Crippen molar-refractivity contribution in [2.24, 2.45) is 0 Å². The quantitative estimate of drug-likeness (QED) is 0.799. The van der Waals surface area contributed by atoms with E-state index in [-0.39, 0.29) is 19.1 Å². The first-order chi connectivity index (χ1) is 11.8. The average Bonchev–Trinajstić information content (AvgIpc) is 3.25. The summed E-state index contributed by atoms with van der Waals surface area (Å²) in [6.45, 7) is 0.431. The first-order valence-electron chi connectivity index (χ1n) is 7.67. The highest BCUT2D eigenvalue weighted by atomic mass is 16.5. The molecule has 1 heterocycles. The van der Waals surface area contributed by atoms with Crippen LogP contribution in [-0.4, -0.2) is 22.9 Å². The second-order valence-corrected chi connectivity index (χ2v) is 5.51. The van der Waals surface area contributed by atoms with Crippen molar-refractivity contribution in [3.8, 4) is 11.1 Å². The van der Waals surface area contributed by atoms with Crippen LogP contribution in [0, 0.1) is 0 Å². The molecule has 1 amide bonds. The Balaban J connectivity index is 1.45. The number of carbonyl (C=O) groups is 1. The maximum Gasteiger partial charge on any atom is 0.407 e. The molecule has 6 nitrogen and oxygen atoms in total. The van der Waals surface area contributed by atoms with Crippen LogP contribution in [0.15, 0.2) is 59.3 Å². The molecule has 4 rings (SSSR count). The molecule has 120 valence electrons. The van der Waals surface area contributed by atoms with Gasteiger partial charge in [0.15, 0.2) is 0 Å². The fourth-order valence-corrected chi connectivity index (χ4v) is 3.07. The van der Waals surface area contributed by atoms with Gasteiger partial charge in [0, 0.05) is 5.92 Å². The van der Waals surface area contributed by atoms with E-state index in [1.807, 2.05) is 24.3 Å². The van der Waals surface area contributed by atoms with Gasteiger partial charge < -0.3 is 14.5 Å². The number of benzene rings is 2. The number of aromatic nitrogens is 2. The van der Waals surface area contributed by atoms with Crippen molar-refractivity contribution < 1.29 is 13.9 Å². The Bertz CT molecular complexity index is 816. The Hall–Kier alpha value is -3.15. The van der Waals surface area contributed by atoms with Crippen LogP contribution in [-0.2, 0) is 11.3 Å². The number of ether oxygens (including phenoxy) is 1. The number of hydrogen-bond donors (Lipinski definition) is 1. The Kier molecular flexibility index (Phi) is 3.70. The van der Waals surface area contributed by atoms with Crippen LogP contribution in [0.5, 0.6) is 0 Å². The van der Waals surface area contributed by atoms with Crippen molar-refractivity contribution >= 4 is 6.09 Å². The van der Waals surface area contributed by atoms with Crippen LogP contribution < -0.4 is 5.32 Å². The van der Waals surface area contributed by atoms with E-state index in [2.05, 4.69) is 39.8 Å². The minimum absolute atomic E-state index is 0.0477. The lowest BCUT2D eigenvalue weighted by Gasteiger charge is -2.14. The van der Waals surface area contributed by atoms with Gasteiger partial charge >= 0.3 is 6.09 Å². The van der Waals surface area contributed by atoms with E-state index in [1.165, 1.54) is 28.6 Å². The highest BCUT2D eigenvalue weighted by Gasteiger charge is 2.28. The minimum Gasteiger partial charge on any atom is -0.449 e. The monoisotopic (exact) mass is 321 g/mol. The molecule has 1 aliphatic rings. The Morgan fingerprint density at radius 2 is 1.75 bits per heavy atom. The molecule has 0 radical (unpaired) electrons. The molecule has 1 aliphatic carbocycles. The molecule has 3 aromatic rings. The van der Waals surface area contributed by atoms with E-state index >= 15 is 0 Å². The predicted molar refractivity (Wildman–Crippen MR) is 86.2 cm³/mol. The maximum atomic E-state index is 11.9. The molecule has 0 saturated heterocycles. The van der Waals surface area contributed by atoms with Gasteiger partial charge in [0.2, 0.25) is 12.3 Å². The van der Waals surface area contributed by atoms with Crippen LogP contribution in [0.1, 0.15) is 22.9 Å². The van der Waals surface area contributed by atoms with E-state index in [1.54, 1.807) is 0 Å². The molecule has 0 atom stereocenters. The van der Waals surface area contributed by atoms with Gasteiger partial charge in [0.25, 0.3) is 0 Å². The van der Waals surface area contributed by atoms with Crippen LogP contribution in [0.2, 0.25) is 0 Å². The van der Waals surface area contributed by atoms with E-state index < -0.39 is 6.09 Å². The van der Waals surface area contributed by atoms with Crippen LogP contribution in [0.3, 0.4) is 0 Å². The summed E-state index contributed by atoms with van der Waals surface area (Å²) in [7, 11) is 0. The van der Waals surface area contributed by atoms with Gasteiger partial charge in [-0.2, -0.15) is 0 Å². The van der Waals surface area contributed by atoms with Crippen LogP contribution in [0.4, 0.5) is 4.79 Å². The molecule has 0 bridgehead atoms. The number of fused-ring (bicyclic) bond motifs is 3. The molecule has 0 spiro atoms. The number of nitrogens with one attached hydrogen (secondary N) is 1. The summed E-state index contributed by atoms with van der Waals surface area (Å²) in [5.41, 5.74) is 4.77. The second-order valence-electron chi connectivity index (χ2n) is 5.51. The summed E-state index contributed by atoms with van der Waals surface area (Å²) in [6.07, 6.45) is 0.712. The van der Waals surface area contributed by atoms with E-state index in [0.717, 1.165) is 0 Å². The van der Waals surface area contributed by atoms with E-state index in [4.69, 9.17) is 9.15 Å². The lowest BCUT2D eigenvalue weighted by Crippen LogP contribution is -2.25. The summed E-state index contributed by atoms with van der Waals surface area (Å²) in [5.74, 6) is 0.384. The molecule has 24 heavy (non-hydrogen) atoms. The molecular formula is C18H15N3O3. The first kappa shape index (κ1) is 14.4. The molecule has 2 aromatic carbocycles. The zero-order valence-electron chi connectivity index (χ0n) is 12.8. The lowest BCUT2D eigenvalue weighted by molar-refractivity contribution is 0.141. The van der Waals surface area contributed by atoms with Gasteiger partial charge in [-0.25, -0.2) is 4.79 Å². The number of nitrogens with zero attached hydrogens (tertiary/aromatic N) is 2. The average molecular weight is 321 g/mol. The summed E-state index contributed by atoms with van der Waals surface area (Å²) in [4.78, 5) is 11.9. The van der Waals surface area contributed by atoms with Gasteiger partial charge in [0.05, 0.1) is 6.54 Å². The third kappa shape index (κ3) is 2.62. The molecule has 0 fully saturated rings. The van der Waals surface area contributed by atoms with Crippen LogP contribution >= 0.6 is 0 Å². The Labute approximate surface area is 138 Å². The van der Waals surface area contributed by atoms with E-state index in [9.17, 15) is 4.79 Å². The molecule has 1 N–H and O–H groups in total. The van der Waals surface area contributed by atoms with Gasteiger partial charge in [-0.3, -0.25) is 0 Å². The molecule has 6 heteroatoms. The van der Waals surface area contributed by atoms with Crippen molar-refractivity contribution in [1.82, 2.24) is 15.5 Å². The standard InChI is InChI=1S/C18H15N3O3/c22-18(19-9-17-21-20-11-24-17)23-10-16-14-7-3-1-5-12(14)13-6-2-4-8-15(13)16/h1-8,11,16H,9-10H2,(H,19,22). The Morgan fingerprint density at radius 1 is 1.08 bits per heavy atom. The van der Waals surface area contributed by atoms with Crippen molar-refractivity contribution in [1.29, 1.82) is 0 Å². The molecule has 0 aliphatic heterocycles. The lowest BCUT2D eigenvalue weighted by atomic mass is 9.98. The van der Waals surface area contributed by atoms with Crippen molar-refractivity contribution in [2.75, 3.05) is 6.61 Å². The summed E-state index contributed by atoms with van der Waals surface area (Å²) in [5, 5.41) is 9.85. The molecular weight excluding hydrogens is 306 g/mol. The number of amides is 1. The zero-order valence-corrected chi connectivity index (χ0v) is 12.8. The molecule has 0 saturated carbocycles. The summed E-state index contributed by atoms with van der Waals surface area (Å²) >= 11 is 0. The van der Waals surface area contributed by atoms with Gasteiger partial charge in [-0.1, -0.05) is 48.5 Å². The van der Waals surface area contributed by atoms with E-state index in [0.29, 0.717) is 5.89 Å². The topological polar surface area (TPSA) is 77.3 Å². The third-order valence-corrected chi connectivity index (χ3v) is 4.13. The highest BCUT2D eigenvalue weighted by molar-refractivity contribution is 5.79. The maximum absolute atomic E-state index is 11.9. The second kappa shape index (κ2) is 6.16. The van der Waals surface area contributed by atoms with Gasteiger partial charge in [0.1, 0.15) is 6.61 Å². The third-order valence-electron chi connectivity index (χ3n) is 4.13. The van der Waals surface area contributed by atoms with Crippen molar-refractivity contribution in [3.05, 3.63) is 71.9 Å². The van der Waals surface area contributed by atoms with Crippen molar-refractivity contribution in [3.63, 3.8) is 0 Å². The molecule has 1 aromatic heterocycles. The summed E-state index contributed by atoms with van der Waals surface area (Å²) < 4.78 is 10.4. The zero-order chi connectivity index (χ0) is 16.4. The predicted octanol–water partition coefficient (Wildman–Crippen LogP) is 3.11. The molecule has 0 unspecified atom stereocenters. The SMILES string of the molecule is O=C(NCc1nnco1)OCC1c2ccccc2-c2ccccc21. The number of rotatable bonds is 4. The number of hydrogen-bond acceptors (Lipinski definition) is 5. The largest absolute Gasteiger partial charge is 0.449 e. The van der Waals surface area contributed by atoms with Crippen molar-refractivity contribution in [2.45, 2.75) is 12.5 Å². The number of carbonyl (C=O) groups excluding carboxylic acids is 1. The number of alkyl carbamates (subject to hydrolysis) is 1. The first-order valence-corrected chi connectivity index (χ1v) is 7.67. The Morgan fingerprint density at radius 3 is 2.38 bits per heavy atom. The minimum atomic E-state index is -0.505. The highest BCUT2D eigenvalue weighted by Crippen LogP contribution is 2.44. The normalized spacial score (nSPS) is 12.5.